The Morgan fingerprint density at radius 1 is 1.00 bits per heavy atom. The van der Waals surface area contributed by atoms with Gasteiger partial charge in [0.1, 0.15) is 0 Å². The number of aromatic nitrogens is 3. The molecule has 10 heteroatoms. The lowest BCUT2D eigenvalue weighted by Gasteiger charge is -2.14. The summed E-state index contributed by atoms with van der Waals surface area (Å²) in [5, 5.41) is 6.80. The predicted molar refractivity (Wildman–Crippen MR) is 105 cm³/mol. The Kier molecular flexibility index (Phi) is 7.34. The van der Waals surface area contributed by atoms with E-state index in [2.05, 4.69) is 30.5 Å². The average molecular weight is 424 g/mol. The van der Waals surface area contributed by atoms with Crippen LogP contribution < -0.4 is 10.6 Å². The van der Waals surface area contributed by atoms with Crippen molar-refractivity contribution in [3.63, 3.8) is 0 Å². The van der Waals surface area contributed by atoms with Gasteiger partial charge in [-0.1, -0.05) is 46.4 Å². The number of benzene rings is 1. The summed E-state index contributed by atoms with van der Waals surface area (Å²) >= 11 is 23.7. The topological polar surface area (TPSA) is 66.0 Å². The second kappa shape index (κ2) is 9.05. The van der Waals surface area contributed by atoms with Crippen molar-refractivity contribution in [3.05, 3.63) is 35.1 Å². The quantitative estimate of drug-likeness (QED) is 0.506. The molecule has 0 radical (unpaired) electrons. The van der Waals surface area contributed by atoms with Gasteiger partial charge >= 0.3 is 0 Å². The van der Waals surface area contributed by atoms with Crippen LogP contribution in [0.4, 0.5) is 17.6 Å². The first-order chi connectivity index (χ1) is 11.7. The Morgan fingerprint density at radius 2 is 1.64 bits per heavy atom. The van der Waals surface area contributed by atoms with Gasteiger partial charge in [0, 0.05) is 17.3 Å². The highest BCUT2D eigenvalue weighted by Gasteiger charge is 2.28. The SMILES string of the molecule is CN(C)CCCNc1nc(Nc2ccc(Cl)cc2)nc(C(Cl)(Cl)Cl)n1. The third-order valence-electron chi connectivity index (χ3n) is 3.05. The maximum absolute atomic E-state index is 5.93. The van der Waals surface area contributed by atoms with E-state index in [4.69, 9.17) is 46.4 Å². The molecule has 0 bridgehead atoms. The first-order valence-corrected chi connectivity index (χ1v) is 9.00. The van der Waals surface area contributed by atoms with Gasteiger partial charge < -0.3 is 15.5 Å². The number of nitrogens with one attached hydrogen (secondary N) is 2. The molecule has 136 valence electrons. The largest absolute Gasteiger partial charge is 0.354 e. The van der Waals surface area contributed by atoms with E-state index < -0.39 is 3.79 Å². The van der Waals surface area contributed by atoms with Gasteiger partial charge in [-0.2, -0.15) is 15.0 Å². The van der Waals surface area contributed by atoms with Crippen LogP contribution in [-0.4, -0.2) is 47.0 Å². The molecular formula is C15H18Cl4N6. The van der Waals surface area contributed by atoms with Gasteiger partial charge in [-0.3, -0.25) is 0 Å². The van der Waals surface area contributed by atoms with Crippen molar-refractivity contribution in [2.24, 2.45) is 0 Å². The lowest BCUT2D eigenvalue weighted by atomic mass is 10.3. The molecule has 2 aromatic rings. The van der Waals surface area contributed by atoms with Crippen molar-refractivity contribution < 1.29 is 0 Å². The van der Waals surface area contributed by atoms with Gasteiger partial charge in [-0.15, -0.1) is 0 Å². The van der Waals surface area contributed by atoms with Crippen molar-refractivity contribution in [2.45, 2.75) is 10.2 Å². The van der Waals surface area contributed by atoms with Crippen molar-refractivity contribution in [1.29, 1.82) is 0 Å². The molecular weight excluding hydrogens is 406 g/mol. The van der Waals surface area contributed by atoms with E-state index in [-0.39, 0.29) is 11.8 Å². The Morgan fingerprint density at radius 3 is 2.24 bits per heavy atom. The van der Waals surface area contributed by atoms with Gasteiger partial charge in [0.15, 0.2) is 5.82 Å². The first-order valence-electron chi connectivity index (χ1n) is 7.48. The second-order valence-electron chi connectivity index (χ2n) is 5.52. The van der Waals surface area contributed by atoms with Gasteiger partial charge in [-0.25, -0.2) is 0 Å². The molecule has 0 unspecified atom stereocenters. The van der Waals surface area contributed by atoms with Gasteiger partial charge in [0.2, 0.25) is 15.7 Å². The van der Waals surface area contributed by atoms with Gasteiger partial charge in [-0.05, 0) is 51.3 Å². The zero-order valence-corrected chi connectivity index (χ0v) is 16.8. The van der Waals surface area contributed by atoms with Crippen LogP contribution in [0.15, 0.2) is 24.3 Å². The van der Waals surface area contributed by atoms with Crippen LogP contribution in [0, 0.1) is 0 Å². The highest BCUT2D eigenvalue weighted by atomic mass is 35.6. The molecule has 1 aromatic heterocycles. The monoisotopic (exact) mass is 422 g/mol. The summed E-state index contributed by atoms with van der Waals surface area (Å²) in [6, 6.07) is 7.10. The predicted octanol–water partition coefficient (Wildman–Crippen LogP) is 4.46. The first kappa shape index (κ1) is 20.3. The van der Waals surface area contributed by atoms with E-state index in [0.717, 1.165) is 18.7 Å². The highest BCUT2D eigenvalue weighted by molar-refractivity contribution is 6.66. The smallest absolute Gasteiger partial charge is 0.250 e. The molecule has 0 aliphatic rings. The molecule has 0 fully saturated rings. The zero-order valence-electron chi connectivity index (χ0n) is 13.7. The number of anilines is 3. The minimum Gasteiger partial charge on any atom is -0.354 e. The summed E-state index contributed by atoms with van der Waals surface area (Å²) in [7, 11) is 4.02. The fraction of sp³-hybridized carbons (Fsp3) is 0.400. The van der Waals surface area contributed by atoms with Crippen LogP contribution in [0.2, 0.25) is 5.02 Å². The molecule has 0 spiro atoms. The van der Waals surface area contributed by atoms with E-state index in [1.54, 1.807) is 24.3 Å². The summed E-state index contributed by atoms with van der Waals surface area (Å²) in [5.74, 6) is 0.652. The number of nitrogens with zero attached hydrogens (tertiary/aromatic N) is 4. The number of rotatable bonds is 7. The van der Waals surface area contributed by atoms with Crippen LogP contribution >= 0.6 is 46.4 Å². The van der Waals surface area contributed by atoms with Crippen molar-refractivity contribution in [3.8, 4) is 0 Å². The zero-order chi connectivity index (χ0) is 18.4. The summed E-state index contributed by atoms with van der Waals surface area (Å²) < 4.78 is -1.75. The van der Waals surface area contributed by atoms with Crippen molar-refractivity contribution in [1.82, 2.24) is 19.9 Å². The lowest BCUT2D eigenvalue weighted by molar-refractivity contribution is 0.405. The standard InChI is InChI=1S/C15H18Cl4N6/c1-25(2)9-3-8-20-13-22-12(15(17,18)19)23-14(24-13)21-11-6-4-10(16)5-7-11/h4-7H,3,8-9H2,1-2H3,(H2,20,21,22,23,24). The Labute approximate surface area is 166 Å². The van der Waals surface area contributed by atoms with E-state index in [1.165, 1.54) is 0 Å². The van der Waals surface area contributed by atoms with E-state index in [9.17, 15) is 0 Å². The molecule has 0 aliphatic heterocycles. The molecule has 2 N–H and O–H groups in total. The molecule has 0 aliphatic carbocycles. The molecule has 1 aromatic carbocycles. The summed E-state index contributed by atoms with van der Waals surface area (Å²) in [4.78, 5) is 14.7. The molecule has 6 nitrogen and oxygen atoms in total. The average Bonchev–Trinajstić information content (AvgIpc) is 2.53. The van der Waals surface area contributed by atoms with E-state index in [1.807, 2.05) is 14.1 Å². The van der Waals surface area contributed by atoms with E-state index in [0.29, 0.717) is 17.5 Å². The second-order valence-corrected chi connectivity index (χ2v) is 8.24. The Bertz CT molecular complexity index is 687. The maximum atomic E-state index is 5.93. The lowest BCUT2D eigenvalue weighted by Crippen LogP contribution is -2.18. The molecule has 0 amide bonds. The maximum Gasteiger partial charge on any atom is 0.250 e. The molecule has 0 saturated carbocycles. The summed E-state index contributed by atoms with van der Waals surface area (Å²) in [5.41, 5.74) is 0.754. The summed E-state index contributed by atoms with van der Waals surface area (Å²) in [6.45, 7) is 1.62. The number of alkyl halides is 3. The number of hydrogen-bond donors (Lipinski definition) is 2. The fourth-order valence-electron chi connectivity index (χ4n) is 1.90. The fourth-order valence-corrected chi connectivity index (χ4v) is 2.27. The van der Waals surface area contributed by atoms with Crippen LogP contribution in [0.5, 0.6) is 0 Å². The molecule has 25 heavy (non-hydrogen) atoms. The number of hydrogen-bond acceptors (Lipinski definition) is 6. The third kappa shape index (κ3) is 6.99. The van der Waals surface area contributed by atoms with Crippen LogP contribution in [-0.2, 0) is 3.79 Å². The summed E-state index contributed by atoms with van der Waals surface area (Å²) in [6.07, 6.45) is 0.918. The number of halogens is 4. The Balaban J connectivity index is 2.17. The van der Waals surface area contributed by atoms with Gasteiger partial charge in [0.05, 0.1) is 0 Å². The van der Waals surface area contributed by atoms with Crippen LogP contribution in [0.3, 0.4) is 0 Å². The normalized spacial score (nSPS) is 11.6. The molecule has 0 saturated heterocycles. The van der Waals surface area contributed by atoms with Crippen molar-refractivity contribution >= 4 is 64.0 Å². The van der Waals surface area contributed by atoms with Crippen LogP contribution in [0.1, 0.15) is 12.2 Å². The Hall–Kier alpha value is -1.05. The van der Waals surface area contributed by atoms with Crippen LogP contribution in [0.25, 0.3) is 0 Å². The highest BCUT2D eigenvalue weighted by Crippen LogP contribution is 2.36. The minimum absolute atomic E-state index is 0.0408. The van der Waals surface area contributed by atoms with Crippen molar-refractivity contribution in [2.75, 3.05) is 37.8 Å². The molecule has 2 rings (SSSR count). The molecule has 0 atom stereocenters. The minimum atomic E-state index is -1.75. The van der Waals surface area contributed by atoms with Gasteiger partial charge in [0.25, 0.3) is 0 Å². The van der Waals surface area contributed by atoms with E-state index >= 15 is 0 Å². The third-order valence-corrected chi connectivity index (χ3v) is 3.81. The molecule has 1 heterocycles.